The third-order valence-electron chi connectivity index (χ3n) is 5.20. The average molecular weight is 351 g/mol. The molecule has 0 heterocycles. The van der Waals surface area contributed by atoms with Crippen molar-refractivity contribution in [2.75, 3.05) is 0 Å². The highest BCUT2D eigenvalue weighted by molar-refractivity contribution is 5.80. The Morgan fingerprint density at radius 2 is 1.58 bits per heavy atom. The van der Waals surface area contributed by atoms with Crippen molar-refractivity contribution in [3.05, 3.63) is 71.8 Å². The van der Waals surface area contributed by atoms with Crippen molar-refractivity contribution in [3.63, 3.8) is 0 Å². The number of nitrogens with one attached hydrogen (secondary N) is 1. The Hall–Kier alpha value is -2.62. The van der Waals surface area contributed by atoms with Crippen LogP contribution in [0.5, 0.6) is 0 Å². The summed E-state index contributed by atoms with van der Waals surface area (Å²) in [6.45, 7) is 0. The van der Waals surface area contributed by atoms with E-state index in [0.717, 1.165) is 24.0 Å². The van der Waals surface area contributed by atoms with Gasteiger partial charge in [-0.3, -0.25) is 9.59 Å². The van der Waals surface area contributed by atoms with Crippen molar-refractivity contribution in [2.24, 2.45) is 11.8 Å². The van der Waals surface area contributed by atoms with Gasteiger partial charge in [-0.2, -0.15) is 0 Å². The minimum absolute atomic E-state index is 0.0271. The van der Waals surface area contributed by atoms with Gasteiger partial charge in [0, 0.05) is 5.92 Å². The van der Waals surface area contributed by atoms with Gasteiger partial charge in [-0.1, -0.05) is 67.1 Å². The predicted octanol–water partition coefficient (Wildman–Crippen LogP) is 3.98. The zero-order valence-corrected chi connectivity index (χ0v) is 14.8. The number of amides is 1. The molecule has 0 aliphatic heterocycles. The zero-order chi connectivity index (χ0) is 18.4. The van der Waals surface area contributed by atoms with Crippen molar-refractivity contribution in [1.29, 1.82) is 0 Å². The summed E-state index contributed by atoms with van der Waals surface area (Å²) in [6.07, 6.45) is 3.39. The van der Waals surface area contributed by atoms with Gasteiger partial charge in [0.15, 0.2) is 0 Å². The van der Waals surface area contributed by atoms with Crippen molar-refractivity contribution < 1.29 is 14.7 Å². The molecule has 4 nitrogen and oxygen atoms in total. The summed E-state index contributed by atoms with van der Waals surface area (Å²) in [5, 5.41) is 12.4. The minimum Gasteiger partial charge on any atom is -0.481 e. The van der Waals surface area contributed by atoms with Crippen LogP contribution < -0.4 is 5.32 Å². The largest absolute Gasteiger partial charge is 0.481 e. The molecule has 2 aromatic carbocycles. The lowest BCUT2D eigenvalue weighted by Crippen LogP contribution is -2.38. The number of hydrogen-bond donors (Lipinski definition) is 2. The molecular weight excluding hydrogens is 326 g/mol. The Balaban J connectivity index is 1.72. The SMILES string of the molecule is O=C(O)[C@H]1CCC[C@@H](C(=O)NC(Cc2ccccc2)c2ccccc2)C1. The number of carboxylic acids is 1. The van der Waals surface area contributed by atoms with Gasteiger partial charge in [0.1, 0.15) is 0 Å². The molecule has 0 saturated heterocycles. The van der Waals surface area contributed by atoms with E-state index >= 15 is 0 Å². The van der Waals surface area contributed by atoms with Crippen LogP contribution in [-0.4, -0.2) is 17.0 Å². The van der Waals surface area contributed by atoms with Crippen molar-refractivity contribution in [3.8, 4) is 0 Å². The molecule has 0 aromatic heterocycles. The molecule has 1 saturated carbocycles. The first-order chi connectivity index (χ1) is 12.6. The Morgan fingerprint density at radius 1 is 0.962 bits per heavy atom. The molecule has 2 N–H and O–H groups in total. The number of hydrogen-bond acceptors (Lipinski definition) is 2. The highest BCUT2D eigenvalue weighted by Crippen LogP contribution is 2.30. The first kappa shape index (κ1) is 18.2. The monoisotopic (exact) mass is 351 g/mol. The van der Waals surface area contributed by atoms with Gasteiger partial charge in [-0.25, -0.2) is 0 Å². The number of carbonyl (C=O) groups is 2. The standard InChI is InChI=1S/C22H25NO3/c24-21(18-12-7-13-19(15-18)22(25)26)23-20(17-10-5-2-6-11-17)14-16-8-3-1-4-9-16/h1-6,8-11,18-20H,7,12-15H2,(H,23,24)(H,25,26)/t18-,19+,20?/m1/s1. The van der Waals surface area contributed by atoms with E-state index in [1.165, 1.54) is 0 Å². The number of carboxylic acid groups (broad SMARTS) is 1. The van der Waals surface area contributed by atoms with Crippen LogP contribution >= 0.6 is 0 Å². The third-order valence-corrected chi connectivity index (χ3v) is 5.20. The number of benzene rings is 2. The topological polar surface area (TPSA) is 66.4 Å². The number of rotatable bonds is 6. The van der Waals surface area contributed by atoms with E-state index in [4.69, 9.17) is 0 Å². The molecule has 26 heavy (non-hydrogen) atoms. The third kappa shape index (κ3) is 4.72. The molecule has 2 aromatic rings. The molecule has 0 spiro atoms. The average Bonchev–Trinajstić information content (AvgIpc) is 2.69. The lowest BCUT2D eigenvalue weighted by Gasteiger charge is -2.28. The highest BCUT2D eigenvalue weighted by atomic mass is 16.4. The van der Waals surface area contributed by atoms with Crippen LogP contribution in [0, 0.1) is 11.8 Å². The molecule has 1 aliphatic carbocycles. The van der Waals surface area contributed by atoms with Gasteiger partial charge in [-0.15, -0.1) is 0 Å². The minimum atomic E-state index is -0.786. The van der Waals surface area contributed by atoms with Gasteiger partial charge < -0.3 is 10.4 Å². The van der Waals surface area contributed by atoms with Crippen molar-refractivity contribution in [1.82, 2.24) is 5.32 Å². The van der Waals surface area contributed by atoms with Crippen LogP contribution in [0.15, 0.2) is 60.7 Å². The van der Waals surface area contributed by atoms with E-state index in [-0.39, 0.29) is 17.9 Å². The van der Waals surface area contributed by atoms with Crippen LogP contribution in [0.1, 0.15) is 42.9 Å². The molecule has 1 unspecified atom stereocenters. The first-order valence-electron chi connectivity index (χ1n) is 9.25. The first-order valence-corrected chi connectivity index (χ1v) is 9.25. The van der Waals surface area contributed by atoms with Crippen LogP contribution in [0.25, 0.3) is 0 Å². The molecule has 4 heteroatoms. The van der Waals surface area contributed by atoms with E-state index in [2.05, 4.69) is 17.4 Å². The summed E-state index contributed by atoms with van der Waals surface area (Å²) in [5.74, 6) is -1.43. The quantitative estimate of drug-likeness (QED) is 0.827. The Bertz CT molecular complexity index is 730. The van der Waals surface area contributed by atoms with Crippen LogP contribution in [0.3, 0.4) is 0 Å². The second kappa shape index (κ2) is 8.65. The summed E-state index contributed by atoms with van der Waals surface area (Å²) in [7, 11) is 0. The molecule has 136 valence electrons. The summed E-state index contributed by atoms with van der Waals surface area (Å²) in [6, 6.07) is 19.9. The van der Waals surface area contributed by atoms with E-state index in [1.807, 2.05) is 48.5 Å². The Labute approximate surface area is 154 Å². The molecule has 3 rings (SSSR count). The molecule has 0 radical (unpaired) electrons. The number of aliphatic carboxylic acids is 1. The summed E-state index contributed by atoms with van der Waals surface area (Å²) in [5.41, 5.74) is 2.23. The van der Waals surface area contributed by atoms with Crippen molar-refractivity contribution in [2.45, 2.75) is 38.1 Å². The van der Waals surface area contributed by atoms with Crippen LogP contribution in [0.4, 0.5) is 0 Å². The smallest absolute Gasteiger partial charge is 0.306 e. The molecule has 1 amide bonds. The van der Waals surface area contributed by atoms with E-state index in [9.17, 15) is 14.7 Å². The molecule has 1 aliphatic rings. The second-order valence-corrected chi connectivity index (χ2v) is 7.06. The fourth-order valence-corrected chi connectivity index (χ4v) is 3.73. The van der Waals surface area contributed by atoms with E-state index < -0.39 is 11.9 Å². The zero-order valence-electron chi connectivity index (χ0n) is 14.8. The summed E-state index contributed by atoms with van der Waals surface area (Å²) < 4.78 is 0. The summed E-state index contributed by atoms with van der Waals surface area (Å²) >= 11 is 0. The Morgan fingerprint density at radius 3 is 2.23 bits per heavy atom. The van der Waals surface area contributed by atoms with Gasteiger partial charge in [0.05, 0.1) is 12.0 Å². The molecule has 0 bridgehead atoms. The van der Waals surface area contributed by atoms with Crippen LogP contribution in [-0.2, 0) is 16.0 Å². The fourth-order valence-electron chi connectivity index (χ4n) is 3.73. The van der Waals surface area contributed by atoms with Gasteiger partial charge >= 0.3 is 5.97 Å². The van der Waals surface area contributed by atoms with E-state index in [0.29, 0.717) is 19.3 Å². The molecule has 3 atom stereocenters. The fraction of sp³-hybridized carbons (Fsp3) is 0.364. The lowest BCUT2D eigenvalue weighted by atomic mass is 9.80. The van der Waals surface area contributed by atoms with Gasteiger partial charge in [0.2, 0.25) is 5.91 Å². The molecule has 1 fully saturated rings. The number of carbonyl (C=O) groups excluding carboxylic acids is 1. The van der Waals surface area contributed by atoms with E-state index in [1.54, 1.807) is 0 Å². The second-order valence-electron chi connectivity index (χ2n) is 7.06. The molecular formula is C22H25NO3. The normalized spacial score (nSPS) is 20.9. The maximum Gasteiger partial charge on any atom is 0.306 e. The van der Waals surface area contributed by atoms with Gasteiger partial charge in [0.25, 0.3) is 0 Å². The maximum absolute atomic E-state index is 12.8. The predicted molar refractivity (Wildman–Crippen MR) is 101 cm³/mol. The van der Waals surface area contributed by atoms with Gasteiger partial charge in [-0.05, 0) is 36.8 Å². The van der Waals surface area contributed by atoms with Crippen molar-refractivity contribution >= 4 is 11.9 Å². The Kier molecular flexibility index (Phi) is 6.05. The maximum atomic E-state index is 12.8. The highest BCUT2D eigenvalue weighted by Gasteiger charge is 2.32. The lowest BCUT2D eigenvalue weighted by molar-refractivity contribution is -0.144. The summed E-state index contributed by atoms with van der Waals surface area (Å²) in [4.78, 5) is 24.1. The van der Waals surface area contributed by atoms with Crippen LogP contribution in [0.2, 0.25) is 0 Å².